The third kappa shape index (κ3) is 2.95. The Morgan fingerprint density at radius 2 is 1.75 bits per heavy atom. The zero-order valence-corrected chi connectivity index (χ0v) is 8.46. The second-order valence-corrected chi connectivity index (χ2v) is 4.20. The molecule has 0 aliphatic carbocycles. The SMILES string of the molecule is C=C([C@@H](O)[C@H](O)CC)C(C)(C)C. The van der Waals surface area contributed by atoms with Gasteiger partial charge in [0.05, 0.1) is 6.10 Å². The summed E-state index contributed by atoms with van der Waals surface area (Å²) in [6.07, 6.45) is -0.928. The largest absolute Gasteiger partial charge is 0.390 e. The van der Waals surface area contributed by atoms with Gasteiger partial charge in [0.2, 0.25) is 0 Å². The second kappa shape index (κ2) is 4.06. The van der Waals surface area contributed by atoms with Gasteiger partial charge in [-0.25, -0.2) is 0 Å². The predicted molar refractivity (Wildman–Crippen MR) is 50.9 cm³/mol. The standard InChI is InChI=1S/C10H20O2/c1-6-8(11)9(12)7(2)10(3,4)5/h8-9,11-12H,2,6H2,1,3-5H3/t8-,9-/m1/s1. The lowest BCUT2D eigenvalue weighted by molar-refractivity contribution is 0.0302. The summed E-state index contributed by atoms with van der Waals surface area (Å²) in [4.78, 5) is 0. The first-order valence-corrected chi connectivity index (χ1v) is 4.36. The van der Waals surface area contributed by atoms with E-state index in [4.69, 9.17) is 0 Å². The summed E-state index contributed by atoms with van der Waals surface area (Å²) in [6.45, 7) is 11.5. The Hall–Kier alpha value is -0.340. The first kappa shape index (κ1) is 11.7. The van der Waals surface area contributed by atoms with Gasteiger partial charge in [-0.2, -0.15) is 0 Å². The van der Waals surface area contributed by atoms with Crippen molar-refractivity contribution in [3.63, 3.8) is 0 Å². The van der Waals surface area contributed by atoms with Crippen LogP contribution in [0.3, 0.4) is 0 Å². The topological polar surface area (TPSA) is 40.5 Å². The molecule has 0 aromatic carbocycles. The molecule has 2 N–H and O–H groups in total. The van der Waals surface area contributed by atoms with Crippen LogP contribution in [0.15, 0.2) is 12.2 Å². The Kier molecular flexibility index (Phi) is 3.94. The Morgan fingerprint density at radius 1 is 1.33 bits per heavy atom. The maximum Gasteiger partial charge on any atom is 0.101 e. The molecule has 0 rings (SSSR count). The van der Waals surface area contributed by atoms with Gasteiger partial charge in [-0.1, -0.05) is 34.3 Å². The molecule has 2 heteroatoms. The Balaban J connectivity index is 4.30. The highest BCUT2D eigenvalue weighted by molar-refractivity contribution is 5.12. The third-order valence-electron chi connectivity index (χ3n) is 2.10. The minimum atomic E-state index is -0.796. The molecule has 0 aliphatic rings. The molecule has 0 amide bonds. The van der Waals surface area contributed by atoms with Crippen LogP contribution >= 0.6 is 0 Å². The molecule has 2 atom stereocenters. The third-order valence-corrected chi connectivity index (χ3v) is 2.10. The lowest BCUT2D eigenvalue weighted by atomic mass is 9.82. The van der Waals surface area contributed by atoms with Gasteiger partial charge >= 0.3 is 0 Å². The molecule has 0 aromatic heterocycles. The number of hydrogen-bond donors (Lipinski definition) is 2. The van der Waals surface area contributed by atoms with E-state index in [9.17, 15) is 10.2 Å². The summed E-state index contributed by atoms with van der Waals surface area (Å²) in [5.41, 5.74) is 0.548. The van der Waals surface area contributed by atoms with Crippen LogP contribution < -0.4 is 0 Å². The number of aliphatic hydroxyl groups excluding tert-OH is 2. The molecule has 0 aromatic rings. The monoisotopic (exact) mass is 172 g/mol. The van der Waals surface area contributed by atoms with Crippen molar-refractivity contribution < 1.29 is 10.2 Å². The van der Waals surface area contributed by atoms with Gasteiger partial charge in [-0.05, 0) is 17.4 Å². The van der Waals surface area contributed by atoms with Crippen molar-refractivity contribution in [3.8, 4) is 0 Å². The lowest BCUT2D eigenvalue weighted by Gasteiger charge is -2.28. The van der Waals surface area contributed by atoms with Crippen molar-refractivity contribution in [3.05, 3.63) is 12.2 Å². The van der Waals surface area contributed by atoms with Crippen LogP contribution in [0, 0.1) is 5.41 Å². The molecule has 0 saturated heterocycles. The Morgan fingerprint density at radius 3 is 2.00 bits per heavy atom. The van der Waals surface area contributed by atoms with Crippen LogP contribution in [-0.2, 0) is 0 Å². The van der Waals surface area contributed by atoms with Crippen molar-refractivity contribution in [2.45, 2.75) is 46.3 Å². The van der Waals surface area contributed by atoms with Gasteiger partial charge in [-0.15, -0.1) is 0 Å². The van der Waals surface area contributed by atoms with Crippen LogP contribution in [0.2, 0.25) is 0 Å². The van der Waals surface area contributed by atoms with Crippen LogP contribution in [0.4, 0.5) is 0 Å². The fourth-order valence-corrected chi connectivity index (χ4v) is 0.899. The summed E-state index contributed by atoms with van der Waals surface area (Å²) in [5.74, 6) is 0. The summed E-state index contributed by atoms with van der Waals surface area (Å²) in [6, 6.07) is 0. The minimum absolute atomic E-state index is 0.143. The number of aliphatic hydroxyl groups is 2. The van der Waals surface area contributed by atoms with Gasteiger partial charge in [0, 0.05) is 0 Å². The van der Waals surface area contributed by atoms with E-state index in [0.29, 0.717) is 12.0 Å². The molecule has 0 unspecified atom stereocenters. The van der Waals surface area contributed by atoms with E-state index in [-0.39, 0.29) is 5.41 Å². The number of rotatable bonds is 3. The maximum absolute atomic E-state index is 9.57. The highest BCUT2D eigenvalue weighted by atomic mass is 16.3. The quantitative estimate of drug-likeness (QED) is 0.636. The average molecular weight is 172 g/mol. The molecule has 0 heterocycles. The van der Waals surface area contributed by atoms with Gasteiger partial charge in [0.15, 0.2) is 0 Å². The Labute approximate surface area is 74.9 Å². The predicted octanol–water partition coefficient (Wildman–Crippen LogP) is 1.72. The van der Waals surface area contributed by atoms with Crippen LogP contribution in [0.5, 0.6) is 0 Å². The summed E-state index contributed by atoms with van der Waals surface area (Å²) in [5, 5.41) is 18.9. The molecule has 2 nitrogen and oxygen atoms in total. The van der Waals surface area contributed by atoms with Crippen molar-refractivity contribution in [1.29, 1.82) is 0 Å². The van der Waals surface area contributed by atoms with Crippen molar-refractivity contribution in [2.24, 2.45) is 5.41 Å². The molecular formula is C10H20O2. The molecule has 0 radical (unpaired) electrons. The smallest absolute Gasteiger partial charge is 0.101 e. The van der Waals surface area contributed by atoms with E-state index < -0.39 is 12.2 Å². The van der Waals surface area contributed by atoms with Gasteiger partial charge in [-0.3, -0.25) is 0 Å². The Bertz CT molecular complexity index is 156. The van der Waals surface area contributed by atoms with E-state index in [2.05, 4.69) is 6.58 Å². The molecule has 0 saturated carbocycles. The zero-order chi connectivity index (χ0) is 9.94. The summed E-state index contributed by atoms with van der Waals surface area (Å²) >= 11 is 0. The summed E-state index contributed by atoms with van der Waals surface area (Å²) < 4.78 is 0. The first-order valence-electron chi connectivity index (χ1n) is 4.36. The van der Waals surface area contributed by atoms with Gasteiger partial charge in [0.1, 0.15) is 6.10 Å². The minimum Gasteiger partial charge on any atom is -0.390 e. The average Bonchev–Trinajstić information content (AvgIpc) is 1.98. The van der Waals surface area contributed by atoms with Crippen LogP contribution in [-0.4, -0.2) is 22.4 Å². The highest BCUT2D eigenvalue weighted by Crippen LogP contribution is 2.27. The van der Waals surface area contributed by atoms with E-state index >= 15 is 0 Å². The van der Waals surface area contributed by atoms with E-state index in [0.717, 1.165) is 0 Å². The van der Waals surface area contributed by atoms with Crippen molar-refractivity contribution in [1.82, 2.24) is 0 Å². The van der Waals surface area contributed by atoms with Crippen LogP contribution in [0.25, 0.3) is 0 Å². The van der Waals surface area contributed by atoms with Gasteiger partial charge in [0.25, 0.3) is 0 Å². The molecule has 12 heavy (non-hydrogen) atoms. The fourth-order valence-electron chi connectivity index (χ4n) is 0.899. The fraction of sp³-hybridized carbons (Fsp3) is 0.800. The molecule has 72 valence electrons. The first-order chi connectivity index (χ1) is 5.30. The van der Waals surface area contributed by atoms with Crippen molar-refractivity contribution in [2.75, 3.05) is 0 Å². The molecular weight excluding hydrogens is 152 g/mol. The van der Waals surface area contributed by atoms with Gasteiger partial charge < -0.3 is 10.2 Å². The second-order valence-electron chi connectivity index (χ2n) is 4.20. The van der Waals surface area contributed by atoms with Crippen molar-refractivity contribution >= 4 is 0 Å². The highest BCUT2D eigenvalue weighted by Gasteiger charge is 2.25. The number of hydrogen-bond acceptors (Lipinski definition) is 2. The summed E-state index contributed by atoms with van der Waals surface area (Å²) in [7, 11) is 0. The molecule has 0 spiro atoms. The lowest BCUT2D eigenvalue weighted by Crippen LogP contribution is -2.32. The van der Waals surface area contributed by atoms with E-state index in [1.165, 1.54) is 0 Å². The zero-order valence-electron chi connectivity index (χ0n) is 8.46. The maximum atomic E-state index is 9.57. The molecule has 0 bridgehead atoms. The van der Waals surface area contributed by atoms with E-state index in [1.807, 2.05) is 27.7 Å². The van der Waals surface area contributed by atoms with E-state index in [1.54, 1.807) is 0 Å². The molecule has 0 aliphatic heterocycles. The normalized spacial score (nSPS) is 17.2. The molecule has 0 fully saturated rings. The van der Waals surface area contributed by atoms with Crippen LogP contribution in [0.1, 0.15) is 34.1 Å².